The van der Waals surface area contributed by atoms with Crippen LogP contribution in [0.2, 0.25) is 0 Å². The molecule has 0 radical (unpaired) electrons. The first-order valence-corrected chi connectivity index (χ1v) is 5.34. The number of rotatable bonds is 5. The van der Waals surface area contributed by atoms with Crippen LogP contribution < -0.4 is 4.74 Å². The molecule has 4 nitrogen and oxygen atoms in total. The summed E-state index contributed by atoms with van der Waals surface area (Å²) in [5, 5.41) is 13.9. The van der Waals surface area contributed by atoms with Crippen molar-refractivity contribution >= 4 is 0 Å². The molecule has 4 heteroatoms. The molecule has 0 aliphatic carbocycles. The van der Waals surface area contributed by atoms with Crippen LogP contribution in [0.1, 0.15) is 40.2 Å². The highest BCUT2D eigenvalue weighted by molar-refractivity contribution is 5.12. The molecule has 1 N–H and O–H groups in total. The molecule has 0 bridgehead atoms. The Morgan fingerprint density at radius 1 is 1.60 bits per heavy atom. The summed E-state index contributed by atoms with van der Waals surface area (Å²) in [6.45, 7) is 8.10. The Labute approximate surface area is 90.9 Å². The van der Waals surface area contributed by atoms with E-state index in [9.17, 15) is 5.11 Å². The van der Waals surface area contributed by atoms with Gasteiger partial charge in [-0.25, -0.2) is 0 Å². The van der Waals surface area contributed by atoms with E-state index in [1.54, 1.807) is 13.1 Å². The Morgan fingerprint density at radius 2 is 2.27 bits per heavy atom. The molecule has 15 heavy (non-hydrogen) atoms. The van der Waals surface area contributed by atoms with Crippen molar-refractivity contribution in [1.29, 1.82) is 0 Å². The number of hydrogen-bond donors (Lipinski definition) is 1. The molecule has 0 amide bonds. The van der Waals surface area contributed by atoms with Gasteiger partial charge in [0.1, 0.15) is 6.61 Å². The first-order valence-electron chi connectivity index (χ1n) is 5.34. The average Bonchev–Trinajstić information content (AvgIpc) is 2.63. The summed E-state index contributed by atoms with van der Waals surface area (Å²) in [6, 6.07) is 0.328. The molecule has 1 rings (SSSR count). The molecular formula is C11H20N2O2. The van der Waals surface area contributed by atoms with Gasteiger partial charge >= 0.3 is 0 Å². The van der Waals surface area contributed by atoms with Crippen molar-refractivity contribution in [1.82, 2.24) is 9.78 Å². The van der Waals surface area contributed by atoms with Crippen molar-refractivity contribution in [2.45, 2.75) is 45.8 Å². The molecule has 0 spiro atoms. The van der Waals surface area contributed by atoms with E-state index in [0.717, 1.165) is 0 Å². The molecule has 86 valence electrons. The van der Waals surface area contributed by atoms with Gasteiger partial charge in [0.25, 0.3) is 0 Å². The number of aromatic nitrogens is 2. The van der Waals surface area contributed by atoms with E-state index >= 15 is 0 Å². The lowest BCUT2D eigenvalue weighted by Crippen LogP contribution is -2.31. The van der Waals surface area contributed by atoms with E-state index in [2.05, 4.69) is 18.9 Å². The third-order valence-corrected chi connectivity index (χ3v) is 2.42. The summed E-state index contributed by atoms with van der Waals surface area (Å²) in [6.07, 6.45) is 4.19. The van der Waals surface area contributed by atoms with Gasteiger partial charge < -0.3 is 9.84 Å². The quantitative estimate of drug-likeness (QED) is 0.812. The van der Waals surface area contributed by atoms with Crippen molar-refractivity contribution in [2.75, 3.05) is 6.61 Å². The Morgan fingerprint density at radius 3 is 2.73 bits per heavy atom. The van der Waals surface area contributed by atoms with Gasteiger partial charge in [0.15, 0.2) is 5.75 Å². The van der Waals surface area contributed by atoms with Crippen LogP contribution in [0.3, 0.4) is 0 Å². The lowest BCUT2D eigenvalue weighted by Gasteiger charge is -2.20. The highest BCUT2D eigenvalue weighted by atomic mass is 16.5. The summed E-state index contributed by atoms with van der Waals surface area (Å²) in [4.78, 5) is 0. The minimum absolute atomic E-state index is 0.299. The zero-order valence-corrected chi connectivity index (χ0v) is 9.90. The highest BCUT2D eigenvalue weighted by Gasteiger charge is 2.18. The van der Waals surface area contributed by atoms with Crippen LogP contribution >= 0.6 is 0 Å². The van der Waals surface area contributed by atoms with Gasteiger partial charge in [-0.05, 0) is 27.2 Å². The number of ether oxygens (including phenoxy) is 1. The fourth-order valence-corrected chi connectivity index (χ4v) is 1.02. The van der Waals surface area contributed by atoms with Crippen LogP contribution in [0.4, 0.5) is 0 Å². The number of nitrogens with zero attached hydrogens (tertiary/aromatic N) is 2. The Kier molecular flexibility index (Phi) is 3.74. The van der Waals surface area contributed by atoms with Gasteiger partial charge in [-0.15, -0.1) is 0 Å². The van der Waals surface area contributed by atoms with E-state index in [1.165, 1.54) is 0 Å². The van der Waals surface area contributed by atoms with E-state index in [4.69, 9.17) is 4.74 Å². The normalized spacial score (nSPS) is 15.3. The SMILES string of the molecule is CCC(C)(O)COc1cnn(C(C)C)c1. The van der Waals surface area contributed by atoms with Crippen molar-refractivity contribution in [3.8, 4) is 5.75 Å². The number of aliphatic hydroxyl groups is 1. The third-order valence-electron chi connectivity index (χ3n) is 2.42. The maximum Gasteiger partial charge on any atom is 0.157 e. The zero-order valence-electron chi connectivity index (χ0n) is 9.90. The van der Waals surface area contributed by atoms with E-state index < -0.39 is 5.60 Å². The predicted octanol–water partition coefficient (Wildman–Crippen LogP) is 2.00. The molecule has 1 unspecified atom stereocenters. The third kappa shape index (κ3) is 3.55. The summed E-state index contributed by atoms with van der Waals surface area (Å²) in [5.74, 6) is 0.706. The minimum Gasteiger partial charge on any atom is -0.487 e. The maximum absolute atomic E-state index is 9.75. The second-order valence-corrected chi connectivity index (χ2v) is 4.39. The molecule has 1 aromatic heterocycles. The first kappa shape index (κ1) is 12.0. The highest BCUT2D eigenvalue weighted by Crippen LogP contribution is 2.15. The van der Waals surface area contributed by atoms with Crippen molar-refractivity contribution in [3.05, 3.63) is 12.4 Å². The number of hydrogen-bond acceptors (Lipinski definition) is 3. The van der Waals surface area contributed by atoms with Crippen LogP contribution in [-0.4, -0.2) is 27.1 Å². The molecular weight excluding hydrogens is 192 g/mol. The lowest BCUT2D eigenvalue weighted by molar-refractivity contribution is 0.00843. The van der Waals surface area contributed by atoms with Crippen LogP contribution in [0.5, 0.6) is 5.75 Å². The summed E-state index contributed by atoms with van der Waals surface area (Å²) < 4.78 is 7.29. The smallest absolute Gasteiger partial charge is 0.157 e. The van der Waals surface area contributed by atoms with Gasteiger partial charge in [0, 0.05) is 6.04 Å². The molecule has 1 aromatic rings. The van der Waals surface area contributed by atoms with Gasteiger partial charge in [-0.2, -0.15) is 5.10 Å². The molecule has 0 saturated carbocycles. The maximum atomic E-state index is 9.75. The van der Waals surface area contributed by atoms with Gasteiger partial charge in [-0.1, -0.05) is 6.92 Å². The van der Waals surface area contributed by atoms with Crippen molar-refractivity contribution in [3.63, 3.8) is 0 Å². The fourth-order valence-electron chi connectivity index (χ4n) is 1.02. The van der Waals surface area contributed by atoms with Gasteiger partial charge in [-0.3, -0.25) is 4.68 Å². The minimum atomic E-state index is -0.764. The summed E-state index contributed by atoms with van der Waals surface area (Å²) in [5.41, 5.74) is -0.764. The second kappa shape index (κ2) is 4.66. The average molecular weight is 212 g/mol. The first-order chi connectivity index (χ1) is 6.94. The van der Waals surface area contributed by atoms with Crippen molar-refractivity contribution < 1.29 is 9.84 Å². The predicted molar refractivity (Wildman–Crippen MR) is 59.0 cm³/mol. The molecule has 1 heterocycles. The largest absolute Gasteiger partial charge is 0.487 e. The summed E-state index contributed by atoms with van der Waals surface area (Å²) in [7, 11) is 0. The lowest BCUT2D eigenvalue weighted by atomic mass is 10.1. The van der Waals surface area contributed by atoms with Gasteiger partial charge in [0.05, 0.1) is 18.0 Å². The molecule has 0 fully saturated rings. The Hall–Kier alpha value is -1.03. The topological polar surface area (TPSA) is 47.3 Å². The van der Waals surface area contributed by atoms with Crippen LogP contribution in [0.15, 0.2) is 12.4 Å². The summed E-state index contributed by atoms with van der Waals surface area (Å²) >= 11 is 0. The standard InChI is InChI=1S/C11H20N2O2/c1-5-11(4,14)8-15-10-6-12-13(7-10)9(2)3/h6-7,9,14H,5,8H2,1-4H3. The molecule has 0 aliphatic rings. The Bertz CT molecular complexity index is 305. The van der Waals surface area contributed by atoms with Gasteiger partial charge in [0.2, 0.25) is 0 Å². The van der Waals surface area contributed by atoms with Crippen LogP contribution in [-0.2, 0) is 0 Å². The second-order valence-electron chi connectivity index (χ2n) is 4.39. The Balaban J connectivity index is 2.51. The van der Waals surface area contributed by atoms with Crippen LogP contribution in [0, 0.1) is 0 Å². The molecule has 0 aliphatic heterocycles. The molecule has 0 aromatic carbocycles. The van der Waals surface area contributed by atoms with Crippen LogP contribution in [0.25, 0.3) is 0 Å². The van der Waals surface area contributed by atoms with E-state index in [-0.39, 0.29) is 0 Å². The molecule has 0 saturated heterocycles. The van der Waals surface area contributed by atoms with E-state index in [1.807, 2.05) is 17.8 Å². The molecule has 1 atom stereocenters. The zero-order chi connectivity index (χ0) is 11.5. The monoisotopic (exact) mass is 212 g/mol. The fraction of sp³-hybridized carbons (Fsp3) is 0.727. The van der Waals surface area contributed by atoms with Crippen molar-refractivity contribution in [2.24, 2.45) is 0 Å². The van der Waals surface area contributed by atoms with E-state index in [0.29, 0.717) is 24.8 Å².